The van der Waals surface area contributed by atoms with Crippen molar-refractivity contribution in [1.29, 1.82) is 0 Å². The highest BCUT2D eigenvalue weighted by molar-refractivity contribution is 5.87. The SMILES string of the molecule is CO[C@]1(C)O[C@H]2COC(=O)[C@H]3[C@H](C(=O)OC[C@@H]2O[C@@]1(C)OC)[C@@H](c1ccccc1)[C@@H]3c1ccccc1. The Morgan fingerprint density at radius 3 is 1.33 bits per heavy atom. The van der Waals surface area contributed by atoms with E-state index >= 15 is 0 Å². The van der Waals surface area contributed by atoms with E-state index in [-0.39, 0.29) is 25.0 Å². The second-order valence-electron chi connectivity index (χ2n) is 9.80. The molecular weight excluding hydrogens is 464 g/mol. The van der Waals surface area contributed by atoms with Crippen LogP contribution in [-0.4, -0.2) is 63.2 Å². The third-order valence-corrected chi connectivity index (χ3v) is 8.01. The number of rotatable bonds is 4. The molecule has 2 heterocycles. The van der Waals surface area contributed by atoms with Gasteiger partial charge in [-0.3, -0.25) is 9.59 Å². The van der Waals surface area contributed by atoms with Crippen molar-refractivity contribution in [3.05, 3.63) is 71.8 Å². The zero-order valence-electron chi connectivity index (χ0n) is 20.9. The van der Waals surface area contributed by atoms with Gasteiger partial charge in [-0.05, 0) is 25.0 Å². The number of fused-ring (bicyclic) bond motifs is 2. The van der Waals surface area contributed by atoms with Gasteiger partial charge in [-0.2, -0.15) is 0 Å². The zero-order chi connectivity index (χ0) is 25.5. The lowest BCUT2D eigenvalue weighted by atomic mass is 9.52. The average Bonchev–Trinajstić information content (AvgIpc) is 2.88. The predicted molar refractivity (Wildman–Crippen MR) is 128 cm³/mol. The van der Waals surface area contributed by atoms with Crippen molar-refractivity contribution in [3.8, 4) is 0 Å². The summed E-state index contributed by atoms with van der Waals surface area (Å²) in [5.41, 5.74) is 1.96. The molecule has 8 nitrogen and oxygen atoms in total. The van der Waals surface area contributed by atoms with E-state index in [2.05, 4.69) is 0 Å². The van der Waals surface area contributed by atoms with E-state index in [4.69, 9.17) is 28.4 Å². The van der Waals surface area contributed by atoms with Crippen molar-refractivity contribution >= 4 is 11.9 Å². The molecule has 2 saturated heterocycles. The Labute approximate surface area is 210 Å². The number of carbonyl (C=O) groups excluding carboxylic acids is 2. The molecule has 0 N–H and O–H groups in total. The highest BCUT2D eigenvalue weighted by Gasteiger charge is 2.61. The van der Waals surface area contributed by atoms with Gasteiger partial charge < -0.3 is 28.4 Å². The molecule has 2 aromatic rings. The van der Waals surface area contributed by atoms with Gasteiger partial charge >= 0.3 is 11.9 Å². The highest BCUT2D eigenvalue weighted by Crippen LogP contribution is 2.58. The van der Waals surface area contributed by atoms with Crippen LogP contribution in [0.3, 0.4) is 0 Å². The number of carbonyl (C=O) groups is 2. The van der Waals surface area contributed by atoms with E-state index in [1.807, 2.05) is 60.7 Å². The van der Waals surface area contributed by atoms with Crippen LogP contribution in [0.1, 0.15) is 36.8 Å². The quantitative estimate of drug-likeness (QED) is 0.595. The number of cyclic esters (lactones) is 2. The fourth-order valence-corrected chi connectivity index (χ4v) is 5.73. The molecule has 36 heavy (non-hydrogen) atoms. The summed E-state index contributed by atoms with van der Waals surface area (Å²) < 4.78 is 35.1. The molecule has 192 valence electrons. The largest absolute Gasteiger partial charge is 0.463 e. The Morgan fingerprint density at radius 1 is 0.639 bits per heavy atom. The van der Waals surface area contributed by atoms with Crippen molar-refractivity contribution in [2.24, 2.45) is 11.8 Å². The van der Waals surface area contributed by atoms with Crippen molar-refractivity contribution in [1.82, 2.24) is 0 Å². The molecule has 5 rings (SSSR count). The Hall–Kier alpha value is -2.78. The second-order valence-corrected chi connectivity index (χ2v) is 9.80. The molecule has 8 atom stereocenters. The summed E-state index contributed by atoms with van der Waals surface area (Å²) in [5.74, 6) is -5.26. The van der Waals surface area contributed by atoms with E-state index in [0.717, 1.165) is 11.1 Å². The van der Waals surface area contributed by atoms with Crippen LogP contribution in [0.25, 0.3) is 0 Å². The summed E-state index contributed by atoms with van der Waals surface area (Å²) in [7, 11) is 2.97. The standard InChI is InChI=1S/C28H32O8/c1-27(31-3)28(2,32-4)36-20-16-34-26(30)24-22(18-13-9-6-10-14-18)21(17-11-7-5-8-12-17)23(24)25(29)33-15-19(20)35-27/h5-14,19-24H,15-16H2,1-4H3/t19-,20-,21-,22-,23+,24+,27+,28+/m0/s1. The summed E-state index contributed by atoms with van der Waals surface area (Å²) in [4.78, 5) is 27.0. The lowest BCUT2D eigenvalue weighted by Gasteiger charge is -2.53. The third kappa shape index (κ3) is 4.02. The Morgan fingerprint density at radius 2 is 1.00 bits per heavy atom. The lowest BCUT2D eigenvalue weighted by molar-refractivity contribution is -0.451. The zero-order valence-corrected chi connectivity index (χ0v) is 20.9. The van der Waals surface area contributed by atoms with E-state index in [1.165, 1.54) is 14.2 Å². The summed E-state index contributed by atoms with van der Waals surface area (Å²) in [6.07, 6.45) is -1.43. The molecule has 0 amide bonds. The van der Waals surface area contributed by atoms with E-state index < -0.39 is 47.6 Å². The molecule has 8 heteroatoms. The van der Waals surface area contributed by atoms with Gasteiger partial charge in [0.1, 0.15) is 25.4 Å². The number of methoxy groups -OCH3 is 2. The molecule has 3 fully saturated rings. The van der Waals surface area contributed by atoms with E-state index in [1.54, 1.807) is 13.8 Å². The summed E-state index contributed by atoms with van der Waals surface area (Å²) in [6, 6.07) is 19.5. The molecule has 0 unspecified atom stereocenters. The van der Waals surface area contributed by atoms with Gasteiger partial charge in [0, 0.05) is 26.1 Å². The normalized spacial score (nSPS) is 38.6. The number of hydrogen-bond donors (Lipinski definition) is 0. The molecular formula is C28H32O8. The molecule has 2 aromatic carbocycles. The first-order valence-corrected chi connectivity index (χ1v) is 12.2. The van der Waals surface area contributed by atoms with Crippen LogP contribution in [-0.2, 0) is 38.0 Å². The number of esters is 2. The fraction of sp³-hybridized carbons (Fsp3) is 0.500. The maximum Gasteiger partial charge on any atom is 0.310 e. The topological polar surface area (TPSA) is 89.5 Å². The van der Waals surface area contributed by atoms with Crippen LogP contribution in [0.2, 0.25) is 0 Å². The van der Waals surface area contributed by atoms with Crippen molar-refractivity contribution < 1.29 is 38.0 Å². The van der Waals surface area contributed by atoms with Crippen LogP contribution in [0, 0.1) is 11.8 Å². The number of hydrogen-bond acceptors (Lipinski definition) is 8. The van der Waals surface area contributed by atoms with Gasteiger partial charge in [-0.15, -0.1) is 0 Å². The van der Waals surface area contributed by atoms with Crippen LogP contribution in [0.15, 0.2) is 60.7 Å². The van der Waals surface area contributed by atoms with Gasteiger partial charge in [0.25, 0.3) is 0 Å². The van der Waals surface area contributed by atoms with Crippen LogP contribution in [0.5, 0.6) is 0 Å². The maximum atomic E-state index is 13.5. The van der Waals surface area contributed by atoms with Gasteiger partial charge in [-0.25, -0.2) is 0 Å². The van der Waals surface area contributed by atoms with E-state index in [9.17, 15) is 9.59 Å². The average molecular weight is 497 g/mol. The van der Waals surface area contributed by atoms with E-state index in [0.29, 0.717) is 0 Å². The highest BCUT2D eigenvalue weighted by atomic mass is 16.8. The smallest absolute Gasteiger partial charge is 0.310 e. The third-order valence-electron chi connectivity index (χ3n) is 8.01. The van der Waals surface area contributed by atoms with Gasteiger partial charge in [0.15, 0.2) is 0 Å². The predicted octanol–water partition coefficient (Wildman–Crippen LogP) is 3.41. The van der Waals surface area contributed by atoms with Crippen molar-refractivity contribution in [2.45, 2.75) is 49.5 Å². The Balaban J connectivity index is 1.48. The van der Waals surface area contributed by atoms with Gasteiger partial charge in [0.05, 0.1) is 11.8 Å². The minimum absolute atomic E-state index is 0.0689. The molecule has 0 aromatic heterocycles. The second kappa shape index (κ2) is 9.59. The number of benzene rings is 2. The van der Waals surface area contributed by atoms with Crippen LogP contribution in [0.4, 0.5) is 0 Å². The lowest BCUT2D eigenvalue weighted by Crippen LogP contribution is -2.67. The monoisotopic (exact) mass is 496 g/mol. The molecule has 1 aliphatic carbocycles. The molecule has 3 aliphatic rings. The molecule has 1 saturated carbocycles. The maximum absolute atomic E-state index is 13.5. The first-order valence-electron chi connectivity index (χ1n) is 12.2. The van der Waals surface area contributed by atoms with Gasteiger partial charge in [0.2, 0.25) is 11.6 Å². The Kier molecular flexibility index (Phi) is 6.63. The van der Waals surface area contributed by atoms with Crippen molar-refractivity contribution in [3.63, 3.8) is 0 Å². The molecule has 2 aliphatic heterocycles. The molecule has 0 radical (unpaired) electrons. The minimum Gasteiger partial charge on any atom is -0.463 e. The summed E-state index contributed by atoms with van der Waals surface area (Å²) in [5, 5.41) is 0. The van der Waals surface area contributed by atoms with Crippen molar-refractivity contribution in [2.75, 3.05) is 27.4 Å². The van der Waals surface area contributed by atoms with Gasteiger partial charge in [-0.1, -0.05) is 60.7 Å². The molecule has 0 bridgehead atoms. The first kappa shape index (κ1) is 24.9. The molecule has 0 spiro atoms. The first-order chi connectivity index (χ1) is 17.3. The minimum atomic E-state index is -1.27. The summed E-state index contributed by atoms with van der Waals surface area (Å²) >= 11 is 0. The summed E-state index contributed by atoms with van der Waals surface area (Å²) in [6.45, 7) is 3.25. The fourth-order valence-electron chi connectivity index (χ4n) is 5.73. The van der Waals surface area contributed by atoms with Crippen LogP contribution < -0.4 is 0 Å². The van der Waals surface area contributed by atoms with Crippen LogP contribution >= 0.6 is 0 Å². The number of ether oxygens (including phenoxy) is 6. The Bertz CT molecular complexity index is 1000.